The Balaban J connectivity index is 1.49. The van der Waals surface area contributed by atoms with Crippen molar-refractivity contribution in [3.05, 3.63) is 60.1 Å². The molecule has 1 aromatic heterocycles. The number of nitrogens with zero attached hydrogens (tertiary/aromatic N) is 1. The van der Waals surface area contributed by atoms with Gasteiger partial charge >= 0.3 is 0 Å². The van der Waals surface area contributed by atoms with Gasteiger partial charge in [-0.2, -0.15) is 0 Å². The molecule has 2 amide bonds. The summed E-state index contributed by atoms with van der Waals surface area (Å²) >= 11 is 0. The topological polar surface area (TPSA) is 74.6 Å². The van der Waals surface area contributed by atoms with Crippen molar-refractivity contribution < 1.29 is 14.0 Å². The maximum atomic E-state index is 12.4. The second kappa shape index (κ2) is 8.86. The molecule has 2 atom stereocenters. The van der Waals surface area contributed by atoms with Crippen LogP contribution < -0.4 is 10.6 Å². The fourth-order valence-corrected chi connectivity index (χ4v) is 3.25. The number of likely N-dealkylation sites (N-methyl/N-ethyl adjacent to an activating group) is 1. The molecule has 6 nitrogen and oxygen atoms in total. The second-order valence-electron chi connectivity index (χ2n) is 7.22. The molecule has 0 saturated heterocycles. The summed E-state index contributed by atoms with van der Waals surface area (Å²) in [6.45, 7) is 3.10. The van der Waals surface area contributed by atoms with E-state index in [2.05, 4.69) is 34.7 Å². The first-order valence-corrected chi connectivity index (χ1v) is 9.41. The molecule has 2 N–H and O–H groups in total. The van der Waals surface area contributed by atoms with Crippen molar-refractivity contribution >= 4 is 11.8 Å². The van der Waals surface area contributed by atoms with E-state index in [1.54, 1.807) is 19.1 Å². The average Bonchev–Trinajstić information content (AvgIpc) is 3.34. The molecular formula is C21H27N3O3. The molecule has 0 radical (unpaired) electrons. The molecular weight excluding hydrogens is 342 g/mol. The van der Waals surface area contributed by atoms with Crippen LogP contribution in [0.4, 0.5) is 0 Å². The van der Waals surface area contributed by atoms with Crippen molar-refractivity contribution in [1.82, 2.24) is 15.5 Å². The van der Waals surface area contributed by atoms with Gasteiger partial charge in [0.25, 0.3) is 5.91 Å². The van der Waals surface area contributed by atoms with E-state index in [1.807, 2.05) is 18.2 Å². The van der Waals surface area contributed by atoms with Crippen molar-refractivity contribution in [1.29, 1.82) is 0 Å². The van der Waals surface area contributed by atoms with Crippen molar-refractivity contribution in [3.8, 4) is 0 Å². The van der Waals surface area contributed by atoms with Crippen molar-refractivity contribution in [3.63, 3.8) is 0 Å². The zero-order valence-corrected chi connectivity index (χ0v) is 15.9. The van der Waals surface area contributed by atoms with E-state index >= 15 is 0 Å². The van der Waals surface area contributed by atoms with Gasteiger partial charge in [0.1, 0.15) is 6.04 Å². The first-order valence-electron chi connectivity index (χ1n) is 9.41. The number of rotatable bonds is 9. The summed E-state index contributed by atoms with van der Waals surface area (Å²) in [5.41, 5.74) is 1.26. The second-order valence-corrected chi connectivity index (χ2v) is 7.22. The van der Waals surface area contributed by atoms with Gasteiger partial charge in [0.05, 0.1) is 6.26 Å². The summed E-state index contributed by atoms with van der Waals surface area (Å²) in [6, 6.07) is 13.2. The summed E-state index contributed by atoms with van der Waals surface area (Å²) < 4.78 is 5.05. The van der Waals surface area contributed by atoms with Gasteiger partial charge in [0, 0.05) is 19.1 Å². The Bertz CT molecular complexity index is 741. The average molecular weight is 369 g/mol. The number of amides is 2. The van der Waals surface area contributed by atoms with E-state index in [9.17, 15) is 9.59 Å². The molecule has 2 aromatic rings. The van der Waals surface area contributed by atoms with Crippen LogP contribution in [0.1, 0.15) is 35.9 Å². The SMILES string of the molecule is C[C@@H](NC(=O)c1ccco1)C(=O)NC[C@H](C1CC1)N(C)Cc1ccccc1. The predicted molar refractivity (Wildman–Crippen MR) is 103 cm³/mol. The fourth-order valence-electron chi connectivity index (χ4n) is 3.25. The maximum absolute atomic E-state index is 12.4. The highest BCUT2D eigenvalue weighted by Crippen LogP contribution is 2.35. The molecule has 27 heavy (non-hydrogen) atoms. The molecule has 0 bridgehead atoms. The molecule has 1 fully saturated rings. The predicted octanol–water partition coefficient (Wildman–Crippen LogP) is 2.42. The first-order chi connectivity index (χ1) is 13.0. The smallest absolute Gasteiger partial charge is 0.287 e. The van der Waals surface area contributed by atoms with E-state index < -0.39 is 6.04 Å². The lowest BCUT2D eigenvalue weighted by molar-refractivity contribution is -0.122. The van der Waals surface area contributed by atoms with Crippen LogP contribution >= 0.6 is 0 Å². The number of carbonyl (C=O) groups is 2. The molecule has 6 heteroatoms. The summed E-state index contributed by atoms with van der Waals surface area (Å²) in [6.07, 6.45) is 3.83. The molecule has 1 aromatic carbocycles. The summed E-state index contributed by atoms with van der Waals surface area (Å²) in [7, 11) is 2.10. The molecule has 3 rings (SSSR count). The van der Waals surface area contributed by atoms with Gasteiger partial charge in [-0.05, 0) is 50.4 Å². The van der Waals surface area contributed by atoms with Crippen LogP contribution in [0.15, 0.2) is 53.1 Å². The van der Waals surface area contributed by atoms with E-state index in [-0.39, 0.29) is 17.6 Å². The number of benzene rings is 1. The highest BCUT2D eigenvalue weighted by atomic mass is 16.3. The van der Waals surface area contributed by atoms with Crippen LogP contribution in [-0.4, -0.2) is 42.4 Å². The normalized spacial score (nSPS) is 16.0. The number of nitrogens with one attached hydrogen (secondary N) is 2. The molecule has 1 aliphatic carbocycles. The van der Waals surface area contributed by atoms with Crippen molar-refractivity contribution in [2.24, 2.45) is 5.92 Å². The minimum absolute atomic E-state index is 0.186. The third kappa shape index (κ3) is 5.44. The van der Waals surface area contributed by atoms with Crippen LogP contribution in [0.2, 0.25) is 0 Å². The number of hydrogen-bond acceptors (Lipinski definition) is 4. The Hall–Kier alpha value is -2.60. The van der Waals surface area contributed by atoms with Crippen molar-refractivity contribution in [2.75, 3.05) is 13.6 Å². The Morgan fingerprint density at radius 3 is 2.56 bits per heavy atom. The number of hydrogen-bond donors (Lipinski definition) is 2. The Kier molecular flexibility index (Phi) is 6.29. The molecule has 0 unspecified atom stereocenters. The standard InChI is InChI=1S/C21H27N3O3/c1-15(23-21(26)19-9-6-12-27-19)20(25)22-13-18(17-10-11-17)24(2)14-16-7-4-3-5-8-16/h3-9,12,15,17-18H,10-11,13-14H2,1-2H3,(H,22,25)(H,23,26)/t15-,18-/m1/s1. The molecule has 0 spiro atoms. The van der Waals surface area contributed by atoms with E-state index in [0.717, 1.165) is 6.54 Å². The zero-order valence-electron chi connectivity index (χ0n) is 15.9. The van der Waals surface area contributed by atoms with Gasteiger partial charge in [-0.3, -0.25) is 14.5 Å². The molecule has 1 aliphatic rings. The Morgan fingerprint density at radius 1 is 1.19 bits per heavy atom. The van der Waals surface area contributed by atoms with Gasteiger partial charge < -0.3 is 15.1 Å². The largest absolute Gasteiger partial charge is 0.459 e. The minimum atomic E-state index is -0.623. The van der Waals surface area contributed by atoms with Crippen LogP contribution in [-0.2, 0) is 11.3 Å². The van der Waals surface area contributed by atoms with Crippen LogP contribution in [0.3, 0.4) is 0 Å². The lowest BCUT2D eigenvalue weighted by Gasteiger charge is -2.29. The van der Waals surface area contributed by atoms with Crippen molar-refractivity contribution in [2.45, 2.75) is 38.4 Å². The number of furan rings is 1. The fraction of sp³-hybridized carbons (Fsp3) is 0.429. The lowest BCUT2D eigenvalue weighted by Crippen LogP contribution is -2.49. The molecule has 144 valence electrons. The molecule has 1 heterocycles. The summed E-state index contributed by atoms with van der Waals surface area (Å²) in [4.78, 5) is 26.7. The minimum Gasteiger partial charge on any atom is -0.459 e. The quantitative estimate of drug-likeness (QED) is 0.712. The molecule has 1 saturated carbocycles. The Morgan fingerprint density at radius 2 is 1.93 bits per heavy atom. The summed E-state index contributed by atoms with van der Waals surface area (Å²) in [5, 5.41) is 5.66. The van der Waals surface area contributed by atoms with Crippen LogP contribution in [0, 0.1) is 5.92 Å². The lowest BCUT2D eigenvalue weighted by atomic mass is 10.1. The third-order valence-electron chi connectivity index (χ3n) is 4.98. The highest BCUT2D eigenvalue weighted by molar-refractivity contribution is 5.95. The van der Waals surface area contributed by atoms with Gasteiger partial charge in [-0.25, -0.2) is 0 Å². The van der Waals surface area contributed by atoms with E-state index in [0.29, 0.717) is 18.5 Å². The van der Waals surface area contributed by atoms with Crippen LogP contribution in [0.25, 0.3) is 0 Å². The van der Waals surface area contributed by atoms with E-state index in [1.165, 1.54) is 24.7 Å². The van der Waals surface area contributed by atoms with Gasteiger partial charge in [-0.15, -0.1) is 0 Å². The highest BCUT2D eigenvalue weighted by Gasteiger charge is 2.34. The zero-order chi connectivity index (χ0) is 19.2. The monoisotopic (exact) mass is 369 g/mol. The summed E-state index contributed by atoms with van der Waals surface area (Å²) in [5.74, 6) is 0.247. The van der Waals surface area contributed by atoms with E-state index in [4.69, 9.17) is 4.42 Å². The van der Waals surface area contributed by atoms with Gasteiger partial charge in [0.2, 0.25) is 5.91 Å². The van der Waals surface area contributed by atoms with Gasteiger partial charge in [-0.1, -0.05) is 30.3 Å². The van der Waals surface area contributed by atoms with Crippen LogP contribution in [0.5, 0.6) is 0 Å². The van der Waals surface area contributed by atoms with Gasteiger partial charge in [0.15, 0.2) is 5.76 Å². The Labute approximate surface area is 159 Å². The maximum Gasteiger partial charge on any atom is 0.287 e. The number of carbonyl (C=O) groups excluding carboxylic acids is 2. The third-order valence-corrected chi connectivity index (χ3v) is 4.98. The first kappa shape index (κ1) is 19.2. The molecule has 0 aliphatic heterocycles.